The van der Waals surface area contributed by atoms with Crippen LogP contribution in [0, 0.1) is 18.8 Å². The van der Waals surface area contributed by atoms with Crippen LogP contribution in [0.2, 0.25) is 19.6 Å². The Hall–Kier alpha value is -1.70. The lowest BCUT2D eigenvalue weighted by Crippen LogP contribution is -2.15. The van der Waals surface area contributed by atoms with Gasteiger partial charge in [0.15, 0.2) is 0 Å². The smallest absolute Gasteiger partial charge is 0.124 e. The van der Waals surface area contributed by atoms with Gasteiger partial charge in [0.25, 0.3) is 0 Å². The molecule has 2 aromatic rings. The number of nitrogens with zero attached hydrogens (tertiary/aromatic N) is 2. The molecule has 0 saturated carbocycles. The second-order valence-electron chi connectivity index (χ2n) is 5.71. The fourth-order valence-electron chi connectivity index (χ4n) is 1.52. The Morgan fingerprint density at radius 3 is 2.65 bits per heavy atom. The van der Waals surface area contributed by atoms with E-state index in [1.807, 2.05) is 18.5 Å². The quantitative estimate of drug-likeness (QED) is 0.615. The molecule has 4 heteroatoms. The highest BCUT2D eigenvalue weighted by Crippen LogP contribution is 2.10. The molecule has 2 heterocycles. The van der Waals surface area contributed by atoms with Crippen molar-refractivity contribution in [1.29, 1.82) is 0 Å². The van der Waals surface area contributed by atoms with Crippen LogP contribution in [0.15, 0.2) is 29.5 Å². The van der Waals surface area contributed by atoms with Crippen molar-refractivity contribution in [1.82, 2.24) is 9.97 Å². The highest BCUT2D eigenvalue weighted by molar-refractivity contribution is 7.09. The molecule has 0 spiro atoms. The van der Waals surface area contributed by atoms with E-state index in [-0.39, 0.29) is 0 Å². The molecule has 0 atom stereocenters. The molecule has 0 unspecified atom stereocenters. The van der Waals surface area contributed by atoms with E-state index in [1.165, 1.54) is 0 Å². The van der Waals surface area contributed by atoms with Gasteiger partial charge in [-0.3, -0.25) is 4.98 Å². The molecule has 0 aliphatic carbocycles. The maximum absolute atomic E-state index is 4.33. The summed E-state index contributed by atoms with van der Waals surface area (Å²) in [5.74, 6) is 6.20. The maximum Gasteiger partial charge on any atom is 0.124 e. The predicted molar refractivity (Wildman–Crippen MR) is 89.4 cm³/mol. The van der Waals surface area contributed by atoms with E-state index >= 15 is 0 Å². The van der Waals surface area contributed by atoms with Crippen molar-refractivity contribution in [2.24, 2.45) is 0 Å². The summed E-state index contributed by atoms with van der Waals surface area (Å²) in [6, 6.07) is 2.07. The molecule has 0 saturated heterocycles. The minimum absolute atomic E-state index is 0.829. The standard InChI is InChI=1S/C16H18N2SSi/c1-13-18-16(12-19-13)6-5-14-9-15(11-17-10-14)7-8-20(2,3)4/h7-12H,1-4H3/b8-7+. The molecule has 0 aliphatic heterocycles. The van der Waals surface area contributed by atoms with Crippen LogP contribution >= 0.6 is 11.3 Å². The van der Waals surface area contributed by atoms with E-state index in [0.29, 0.717) is 0 Å². The van der Waals surface area contributed by atoms with Gasteiger partial charge in [0.2, 0.25) is 0 Å². The van der Waals surface area contributed by atoms with Gasteiger partial charge in [-0.15, -0.1) is 11.3 Å². The number of rotatable bonds is 2. The largest absolute Gasteiger partial charge is 0.263 e. The topological polar surface area (TPSA) is 25.8 Å². The summed E-state index contributed by atoms with van der Waals surface area (Å²) >= 11 is 1.62. The Morgan fingerprint density at radius 2 is 2.00 bits per heavy atom. The second-order valence-corrected chi connectivity index (χ2v) is 11.8. The lowest BCUT2D eigenvalue weighted by atomic mass is 10.2. The molecule has 2 aromatic heterocycles. The van der Waals surface area contributed by atoms with Gasteiger partial charge in [0.1, 0.15) is 5.69 Å². The van der Waals surface area contributed by atoms with Crippen LogP contribution in [0.5, 0.6) is 0 Å². The number of hydrogen-bond acceptors (Lipinski definition) is 3. The van der Waals surface area contributed by atoms with Crippen molar-refractivity contribution in [3.63, 3.8) is 0 Å². The van der Waals surface area contributed by atoms with Crippen molar-refractivity contribution in [3.8, 4) is 11.8 Å². The molecule has 0 amide bonds. The highest BCUT2D eigenvalue weighted by atomic mass is 32.1. The van der Waals surface area contributed by atoms with E-state index in [2.05, 4.69) is 59.3 Å². The molecule has 2 nitrogen and oxygen atoms in total. The van der Waals surface area contributed by atoms with Crippen LogP contribution in [-0.2, 0) is 0 Å². The zero-order chi connectivity index (χ0) is 14.6. The van der Waals surface area contributed by atoms with Crippen LogP contribution < -0.4 is 0 Å². The molecule has 0 N–H and O–H groups in total. The Labute approximate surface area is 125 Å². The van der Waals surface area contributed by atoms with Crippen LogP contribution in [0.25, 0.3) is 6.08 Å². The summed E-state index contributed by atoms with van der Waals surface area (Å²) in [4.78, 5) is 8.58. The van der Waals surface area contributed by atoms with Crippen molar-refractivity contribution < 1.29 is 0 Å². The van der Waals surface area contributed by atoms with Gasteiger partial charge in [0.05, 0.1) is 13.1 Å². The summed E-state index contributed by atoms with van der Waals surface area (Å²) in [6.07, 6.45) is 5.81. The van der Waals surface area contributed by atoms with Gasteiger partial charge in [-0.05, 0) is 24.5 Å². The van der Waals surface area contributed by atoms with Crippen molar-refractivity contribution in [3.05, 3.63) is 51.4 Å². The van der Waals surface area contributed by atoms with E-state index in [0.717, 1.165) is 21.8 Å². The first-order valence-electron chi connectivity index (χ1n) is 6.51. The third-order valence-electron chi connectivity index (χ3n) is 2.49. The zero-order valence-corrected chi connectivity index (χ0v) is 14.1. The lowest BCUT2D eigenvalue weighted by Gasteiger charge is -2.07. The Kier molecular flexibility index (Phi) is 4.53. The number of aryl methyl sites for hydroxylation is 1. The molecule has 0 radical (unpaired) electrons. The molecule has 0 aliphatic rings. The van der Waals surface area contributed by atoms with Gasteiger partial charge in [-0.25, -0.2) is 4.98 Å². The normalized spacial score (nSPS) is 11.4. The van der Waals surface area contributed by atoms with Gasteiger partial charge in [-0.1, -0.05) is 37.3 Å². The van der Waals surface area contributed by atoms with Crippen LogP contribution in [-0.4, -0.2) is 18.0 Å². The minimum Gasteiger partial charge on any atom is -0.263 e. The second kappa shape index (κ2) is 6.17. The molecule has 2 rings (SSSR count). The zero-order valence-electron chi connectivity index (χ0n) is 12.3. The number of pyridine rings is 1. The van der Waals surface area contributed by atoms with Gasteiger partial charge >= 0.3 is 0 Å². The molecular weight excluding hydrogens is 280 g/mol. The third kappa shape index (κ3) is 4.76. The van der Waals surface area contributed by atoms with E-state index < -0.39 is 8.07 Å². The fraction of sp³-hybridized carbons (Fsp3) is 0.250. The maximum atomic E-state index is 4.33. The van der Waals surface area contributed by atoms with Crippen molar-refractivity contribution in [2.45, 2.75) is 26.6 Å². The van der Waals surface area contributed by atoms with Gasteiger partial charge < -0.3 is 0 Å². The predicted octanol–water partition coefficient (Wildman–Crippen LogP) is 4.14. The van der Waals surface area contributed by atoms with Gasteiger partial charge in [0, 0.05) is 23.3 Å². The molecule has 0 bridgehead atoms. The monoisotopic (exact) mass is 298 g/mol. The minimum atomic E-state index is -1.18. The first kappa shape index (κ1) is 14.7. The first-order valence-corrected chi connectivity index (χ1v) is 11.0. The molecule has 102 valence electrons. The van der Waals surface area contributed by atoms with Gasteiger partial charge in [-0.2, -0.15) is 0 Å². The van der Waals surface area contributed by atoms with E-state index in [1.54, 1.807) is 17.5 Å². The average molecular weight is 298 g/mol. The molecule has 20 heavy (non-hydrogen) atoms. The van der Waals surface area contributed by atoms with Crippen LogP contribution in [0.3, 0.4) is 0 Å². The third-order valence-corrected chi connectivity index (χ3v) is 4.43. The Balaban J connectivity index is 2.18. The van der Waals surface area contributed by atoms with Crippen molar-refractivity contribution >= 4 is 25.5 Å². The highest BCUT2D eigenvalue weighted by Gasteiger charge is 2.06. The Morgan fingerprint density at radius 1 is 1.20 bits per heavy atom. The molecular formula is C16H18N2SSi. The summed E-state index contributed by atoms with van der Waals surface area (Å²) in [6.45, 7) is 8.92. The molecule has 0 aromatic carbocycles. The summed E-state index contributed by atoms with van der Waals surface area (Å²) in [5.41, 5.74) is 5.17. The lowest BCUT2D eigenvalue weighted by molar-refractivity contribution is 1.27. The molecule has 0 fully saturated rings. The fourth-order valence-corrected chi connectivity index (χ4v) is 2.76. The SMILES string of the molecule is Cc1nc(C#Cc2cncc(/C=C/[Si](C)(C)C)c2)cs1. The summed E-state index contributed by atoms with van der Waals surface area (Å²) in [5, 5.41) is 3.02. The number of thiazole rings is 1. The Bertz CT molecular complexity index is 684. The first-order chi connectivity index (χ1) is 9.42. The number of hydrogen-bond donors (Lipinski definition) is 0. The summed E-state index contributed by atoms with van der Waals surface area (Å²) in [7, 11) is -1.18. The number of aromatic nitrogens is 2. The van der Waals surface area contributed by atoms with E-state index in [4.69, 9.17) is 0 Å². The van der Waals surface area contributed by atoms with E-state index in [9.17, 15) is 0 Å². The van der Waals surface area contributed by atoms with Crippen LogP contribution in [0.4, 0.5) is 0 Å². The average Bonchev–Trinajstić information content (AvgIpc) is 2.80. The van der Waals surface area contributed by atoms with Crippen LogP contribution in [0.1, 0.15) is 21.8 Å². The van der Waals surface area contributed by atoms with Crippen molar-refractivity contribution in [2.75, 3.05) is 0 Å². The summed E-state index contributed by atoms with van der Waals surface area (Å²) < 4.78 is 0.